The maximum Gasteiger partial charge on any atom is 0.0897 e. The molecular formula is C14H31NO3. The minimum Gasteiger partial charge on any atom is -0.395 e. The molecule has 0 radical (unpaired) electrons. The summed E-state index contributed by atoms with van der Waals surface area (Å²) in [6.07, 6.45) is 4.25. The molecule has 0 aliphatic heterocycles. The third kappa shape index (κ3) is 9.83. The lowest BCUT2D eigenvalue weighted by molar-refractivity contribution is 0.0318. The van der Waals surface area contributed by atoms with E-state index < -0.39 is 6.10 Å². The van der Waals surface area contributed by atoms with E-state index in [0.29, 0.717) is 19.1 Å². The normalized spacial score (nSPS) is 15.0. The van der Waals surface area contributed by atoms with Crippen LogP contribution in [-0.2, 0) is 4.74 Å². The van der Waals surface area contributed by atoms with Crippen LogP contribution in [0.3, 0.4) is 0 Å². The molecule has 0 aromatic carbocycles. The van der Waals surface area contributed by atoms with Gasteiger partial charge in [-0.15, -0.1) is 0 Å². The number of hydrogen-bond donors (Lipinski definition) is 3. The number of aliphatic hydroxyl groups excluding tert-OH is 2. The van der Waals surface area contributed by atoms with E-state index in [1.807, 2.05) is 13.8 Å². The summed E-state index contributed by atoms with van der Waals surface area (Å²) in [5.74, 6) is 0.358. The van der Waals surface area contributed by atoms with Gasteiger partial charge in [0.1, 0.15) is 0 Å². The summed E-state index contributed by atoms with van der Waals surface area (Å²) in [4.78, 5) is 0. The molecule has 0 saturated heterocycles. The molecule has 0 aliphatic rings. The van der Waals surface area contributed by atoms with Crippen molar-refractivity contribution in [2.45, 2.75) is 58.6 Å². The van der Waals surface area contributed by atoms with Gasteiger partial charge in [0, 0.05) is 19.2 Å². The molecule has 4 nitrogen and oxygen atoms in total. The van der Waals surface area contributed by atoms with Crippen LogP contribution in [0.2, 0.25) is 0 Å². The summed E-state index contributed by atoms with van der Waals surface area (Å²) in [6.45, 7) is 7.94. The molecule has 0 aromatic heterocycles. The van der Waals surface area contributed by atoms with Gasteiger partial charge in [-0.05, 0) is 12.3 Å². The topological polar surface area (TPSA) is 61.7 Å². The first kappa shape index (κ1) is 17.8. The predicted octanol–water partition coefficient (Wildman–Crippen LogP) is 1.55. The highest BCUT2D eigenvalue weighted by atomic mass is 16.5. The van der Waals surface area contributed by atoms with Crippen molar-refractivity contribution in [1.29, 1.82) is 0 Å². The maximum atomic E-state index is 9.71. The van der Waals surface area contributed by atoms with Crippen molar-refractivity contribution < 1.29 is 14.9 Å². The van der Waals surface area contributed by atoms with Crippen molar-refractivity contribution in [3.8, 4) is 0 Å². The molecule has 0 aliphatic carbocycles. The van der Waals surface area contributed by atoms with Crippen molar-refractivity contribution in [2.24, 2.45) is 5.92 Å². The van der Waals surface area contributed by atoms with Crippen molar-refractivity contribution in [3.63, 3.8) is 0 Å². The smallest absolute Gasteiger partial charge is 0.0897 e. The highest BCUT2D eigenvalue weighted by Crippen LogP contribution is 2.01. The first-order valence-electron chi connectivity index (χ1n) is 7.21. The van der Waals surface area contributed by atoms with E-state index in [1.165, 1.54) is 19.3 Å². The second kappa shape index (κ2) is 11.9. The number of nitrogens with one attached hydrogen (secondary N) is 1. The second-order valence-corrected chi connectivity index (χ2v) is 5.23. The van der Waals surface area contributed by atoms with Crippen LogP contribution in [0.4, 0.5) is 0 Å². The van der Waals surface area contributed by atoms with E-state index >= 15 is 0 Å². The maximum absolute atomic E-state index is 9.71. The third-order valence-corrected chi connectivity index (χ3v) is 3.07. The van der Waals surface area contributed by atoms with Gasteiger partial charge in [-0.2, -0.15) is 0 Å². The van der Waals surface area contributed by atoms with Crippen LogP contribution in [0, 0.1) is 5.92 Å². The fourth-order valence-electron chi connectivity index (χ4n) is 1.71. The minimum atomic E-state index is -0.496. The number of aliphatic hydroxyl groups is 2. The van der Waals surface area contributed by atoms with Gasteiger partial charge >= 0.3 is 0 Å². The van der Waals surface area contributed by atoms with E-state index in [1.54, 1.807) is 0 Å². The highest BCUT2D eigenvalue weighted by molar-refractivity contribution is 4.71. The predicted molar refractivity (Wildman–Crippen MR) is 74.7 cm³/mol. The van der Waals surface area contributed by atoms with Gasteiger partial charge in [-0.25, -0.2) is 0 Å². The van der Waals surface area contributed by atoms with Crippen molar-refractivity contribution in [3.05, 3.63) is 0 Å². The fourth-order valence-corrected chi connectivity index (χ4v) is 1.71. The van der Waals surface area contributed by atoms with Crippen LogP contribution in [-0.4, -0.2) is 48.7 Å². The molecule has 0 rings (SSSR count). The van der Waals surface area contributed by atoms with Gasteiger partial charge in [-0.1, -0.05) is 40.0 Å². The molecule has 0 aromatic rings. The first-order valence-corrected chi connectivity index (χ1v) is 7.21. The Kier molecular flexibility index (Phi) is 11.8. The number of rotatable bonds is 12. The van der Waals surface area contributed by atoms with Crippen LogP contribution < -0.4 is 5.32 Å². The molecule has 2 atom stereocenters. The summed E-state index contributed by atoms with van der Waals surface area (Å²) in [5.41, 5.74) is 0. The Bertz CT molecular complexity index is 176. The average molecular weight is 261 g/mol. The number of ether oxygens (including phenoxy) is 1. The van der Waals surface area contributed by atoms with E-state index in [0.717, 1.165) is 13.0 Å². The van der Waals surface area contributed by atoms with Crippen LogP contribution in [0.25, 0.3) is 0 Å². The third-order valence-electron chi connectivity index (χ3n) is 3.07. The lowest BCUT2D eigenvalue weighted by Crippen LogP contribution is -2.42. The monoisotopic (exact) mass is 261 g/mol. The number of hydrogen-bond acceptors (Lipinski definition) is 4. The standard InChI is InChI=1S/C14H31NO3/c1-4-5-6-7-8-18-11-13(17)9-15-14(10-16)12(2)3/h12-17H,4-11H2,1-3H3/t13?,14-/m1/s1. The van der Waals surface area contributed by atoms with Gasteiger partial charge in [-0.3, -0.25) is 0 Å². The Balaban J connectivity index is 3.44. The summed E-state index contributed by atoms with van der Waals surface area (Å²) in [7, 11) is 0. The SMILES string of the molecule is CCCCCCOCC(O)CN[C@H](CO)C(C)C. The zero-order valence-corrected chi connectivity index (χ0v) is 12.2. The first-order chi connectivity index (χ1) is 8.61. The summed E-state index contributed by atoms with van der Waals surface area (Å²) in [5, 5.41) is 22.0. The van der Waals surface area contributed by atoms with Gasteiger partial charge in [0.05, 0.1) is 19.3 Å². The van der Waals surface area contributed by atoms with Gasteiger partial charge < -0.3 is 20.3 Å². The van der Waals surface area contributed by atoms with Crippen molar-refractivity contribution in [1.82, 2.24) is 5.32 Å². The van der Waals surface area contributed by atoms with Gasteiger partial charge in [0.25, 0.3) is 0 Å². The van der Waals surface area contributed by atoms with Crippen LogP contribution in [0.15, 0.2) is 0 Å². The summed E-state index contributed by atoms with van der Waals surface area (Å²) >= 11 is 0. The molecule has 3 N–H and O–H groups in total. The summed E-state index contributed by atoms with van der Waals surface area (Å²) < 4.78 is 5.42. The zero-order chi connectivity index (χ0) is 13.8. The van der Waals surface area contributed by atoms with Crippen molar-refractivity contribution >= 4 is 0 Å². The van der Waals surface area contributed by atoms with E-state index in [-0.39, 0.29) is 12.6 Å². The van der Waals surface area contributed by atoms with Gasteiger partial charge in [0.2, 0.25) is 0 Å². The van der Waals surface area contributed by atoms with E-state index in [2.05, 4.69) is 12.2 Å². The van der Waals surface area contributed by atoms with Crippen LogP contribution >= 0.6 is 0 Å². The summed E-state index contributed by atoms with van der Waals surface area (Å²) in [6, 6.07) is 0.0456. The molecule has 0 heterocycles. The Morgan fingerprint density at radius 1 is 1.17 bits per heavy atom. The molecule has 4 heteroatoms. The molecule has 18 heavy (non-hydrogen) atoms. The van der Waals surface area contributed by atoms with Crippen molar-refractivity contribution in [2.75, 3.05) is 26.4 Å². The average Bonchev–Trinajstić information content (AvgIpc) is 2.34. The Morgan fingerprint density at radius 2 is 1.89 bits per heavy atom. The van der Waals surface area contributed by atoms with E-state index in [9.17, 15) is 5.11 Å². The minimum absolute atomic E-state index is 0.0456. The highest BCUT2D eigenvalue weighted by Gasteiger charge is 2.13. The van der Waals surface area contributed by atoms with Crippen LogP contribution in [0.1, 0.15) is 46.5 Å². The van der Waals surface area contributed by atoms with Gasteiger partial charge in [0.15, 0.2) is 0 Å². The molecule has 0 fully saturated rings. The lowest BCUT2D eigenvalue weighted by atomic mass is 10.1. The Labute approximate surface area is 112 Å². The lowest BCUT2D eigenvalue weighted by Gasteiger charge is -2.21. The fraction of sp³-hybridized carbons (Fsp3) is 1.00. The molecule has 0 spiro atoms. The molecule has 110 valence electrons. The number of unbranched alkanes of at least 4 members (excludes halogenated alkanes) is 3. The van der Waals surface area contributed by atoms with E-state index in [4.69, 9.17) is 9.84 Å². The molecule has 1 unspecified atom stereocenters. The second-order valence-electron chi connectivity index (χ2n) is 5.23. The molecule has 0 bridgehead atoms. The molecule has 0 amide bonds. The Morgan fingerprint density at radius 3 is 2.44 bits per heavy atom. The Hall–Kier alpha value is -0.160. The molecule has 0 saturated carbocycles. The molecular weight excluding hydrogens is 230 g/mol. The zero-order valence-electron chi connectivity index (χ0n) is 12.2. The quantitative estimate of drug-likeness (QED) is 0.467. The van der Waals surface area contributed by atoms with Crippen LogP contribution in [0.5, 0.6) is 0 Å². The largest absolute Gasteiger partial charge is 0.395 e.